The Morgan fingerprint density at radius 3 is 3.03 bits per heavy atom. The lowest BCUT2D eigenvalue weighted by Gasteiger charge is -2.13. The molecular weight excluding hydrogens is 368 g/mol. The van der Waals surface area contributed by atoms with Gasteiger partial charge in [-0.05, 0) is 50.7 Å². The summed E-state index contributed by atoms with van der Waals surface area (Å²) in [6, 6.07) is 2.32. The molecule has 4 aromatic heterocycles. The van der Waals surface area contributed by atoms with Gasteiger partial charge in [-0.25, -0.2) is 19.2 Å². The summed E-state index contributed by atoms with van der Waals surface area (Å²) < 4.78 is 9.72. The Hall–Kier alpha value is -3.07. The summed E-state index contributed by atoms with van der Waals surface area (Å²) in [5.41, 5.74) is 4.61. The van der Waals surface area contributed by atoms with Crippen LogP contribution in [0.2, 0.25) is 0 Å². The van der Waals surface area contributed by atoms with Crippen molar-refractivity contribution in [3.8, 4) is 0 Å². The highest BCUT2D eigenvalue weighted by molar-refractivity contribution is 5.79. The molecule has 0 radical (unpaired) electrons. The number of fused-ring (bicyclic) bond motifs is 3. The average Bonchev–Trinajstić information content (AvgIpc) is 3.45. The number of ether oxygens (including phenoxy) is 1. The van der Waals surface area contributed by atoms with Crippen molar-refractivity contribution in [1.29, 1.82) is 0 Å². The summed E-state index contributed by atoms with van der Waals surface area (Å²) in [5.74, 6) is 1.20. The van der Waals surface area contributed by atoms with Crippen LogP contribution in [0.3, 0.4) is 0 Å². The monoisotopic (exact) mass is 390 g/mol. The second-order valence-corrected chi connectivity index (χ2v) is 8.10. The normalized spacial score (nSPS) is 23.9. The van der Waals surface area contributed by atoms with E-state index in [4.69, 9.17) is 14.8 Å². The number of aryl methyl sites for hydroxylation is 2. The maximum atomic E-state index is 5.89. The summed E-state index contributed by atoms with van der Waals surface area (Å²) in [5, 5.41) is 13.3. The lowest BCUT2D eigenvalue weighted by Crippen LogP contribution is -2.11. The second kappa shape index (κ2) is 6.21. The maximum absolute atomic E-state index is 5.89. The molecule has 1 aliphatic heterocycles. The van der Waals surface area contributed by atoms with Crippen LogP contribution in [-0.4, -0.2) is 47.1 Å². The Morgan fingerprint density at radius 1 is 1.21 bits per heavy atom. The largest absolute Gasteiger partial charge is 0.378 e. The van der Waals surface area contributed by atoms with E-state index in [0.717, 1.165) is 59.5 Å². The maximum Gasteiger partial charge on any atom is 0.229 e. The fraction of sp³-hybridized carbons (Fsp3) is 0.450. The van der Waals surface area contributed by atoms with Gasteiger partial charge in [-0.1, -0.05) is 0 Å². The molecule has 0 spiro atoms. The first-order chi connectivity index (χ1) is 14.2. The number of pyridine rings is 1. The first kappa shape index (κ1) is 16.8. The molecule has 5 heterocycles. The predicted octanol–water partition coefficient (Wildman–Crippen LogP) is 2.97. The second-order valence-electron chi connectivity index (χ2n) is 8.10. The number of nitrogens with one attached hydrogen (secondary N) is 1. The molecule has 9 heteroatoms. The van der Waals surface area contributed by atoms with Gasteiger partial charge in [0.25, 0.3) is 0 Å². The Bertz CT molecular complexity index is 1220. The van der Waals surface area contributed by atoms with Crippen molar-refractivity contribution in [3.05, 3.63) is 36.0 Å². The van der Waals surface area contributed by atoms with E-state index in [0.29, 0.717) is 24.0 Å². The van der Waals surface area contributed by atoms with E-state index in [-0.39, 0.29) is 0 Å². The van der Waals surface area contributed by atoms with Crippen LogP contribution >= 0.6 is 0 Å². The van der Waals surface area contributed by atoms with Crippen LogP contribution in [0, 0.1) is 19.8 Å². The molecule has 1 aliphatic carbocycles. The lowest BCUT2D eigenvalue weighted by atomic mass is 10.1. The Morgan fingerprint density at radius 2 is 2.14 bits per heavy atom. The van der Waals surface area contributed by atoms with E-state index in [1.54, 1.807) is 10.8 Å². The fourth-order valence-corrected chi connectivity index (χ4v) is 4.73. The number of anilines is 2. The summed E-state index contributed by atoms with van der Waals surface area (Å²) in [7, 11) is 0. The molecule has 148 valence electrons. The molecular formula is C20H22N8O. The molecule has 3 unspecified atom stereocenters. The van der Waals surface area contributed by atoms with Gasteiger partial charge in [0.1, 0.15) is 6.33 Å². The van der Waals surface area contributed by atoms with Crippen LogP contribution in [0.4, 0.5) is 11.6 Å². The van der Waals surface area contributed by atoms with E-state index in [1.165, 1.54) is 0 Å². The van der Waals surface area contributed by atoms with Gasteiger partial charge in [0.15, 0.2) is 11.3 Å². The van der Waals surface area contributed by atoms with Crippen molar-refractivity contribution >= 4 is 28.3 Å². The zero-order chi connectivity index (χ0) is 19.5. The van der Waals surface area contributed by atoms with Gasteiger partial charge in [0.05, 0.1) is 35.1 Å². The highest BCUT2D eigenvalue weighted by Crippen LogP contribution is 2.42. The molecule has 1 saturated carbocycles. The van der Waals surface area contributed by atoms with Gasteiger partial charge in [-0.15, -0.1) is 0 Å². The first-order valence-electron chi connectivity index (χ1n) is 10.1. The lowest BCUT2D eigenvalue weighted by molar-refractivity contribution is 0.0985. The van der Waals surface area contributed by atoms with Gasteiger partial charge in [-0.3, -0.25) is 0 Å². The van der Waals surface area contributed by atoms with Crippen molar-refractivity contribution in [2.45, 2.75) is 45.3 Å². The van der Waals surface area contributed by atoms with E-state index >= 15 is 0 Å². The molecule has 2 fully saturated rings. The highest BCUT2D eigenvalue weighted by atomic mass is 16.5. The number of hydrogen-bond donors (Lipinski definition) is 1. The third kappa shape index (κ3) is 2.68. The molecule has 6 rings (SSSR count). The third-order valence-electron chi connectivity index (χ3n) is 6.27. The van der Waals surface area contributed by atoms with Gasteiger partial charge in [-0.2, -0.15) is 15.2 Å². The Balaban J connectivity index is 1.37. The minimum atomic E-state index is 0.331. The minimum absolute atomic E-state index is 0.331. The van der Waals surface area contributed by atoms with Crippen molar-refractivity contribution in [1.82, 2.24) is 34.3 Å². The van der Waals surface area contributed by atoms with Crippen LogP contribution in [0.15, 0.2) is 24.8 Å². The highest BCUT2D eigenvalue weighted by Gasteiger charge is 2.40. The smallest absolute Gasteiger partial charge is 0.229 e. The van der Waals surface area contributed by atoms with Crippen LogP contribution in [0.5, 0.6) is 0 Å². The van der Waals surface area contributed by atoms with E-state index in [1.807, 2.05) is 32.3 Å². The van der Waals surface area contributed by atoms with Crippen LogP contribution in [0.1, 0.15) is 36.6 Å². The summed E-state index contributed by atoms with van der Waals surface area (Å²) >= 11 is 0. The van der Waals surface area contributed by atoms with Crippen LogP contribution in [0.25, 0.3) is 16.7 Å². The standard InChI is InChI=1S/C20H22N8O/c1-11-5-18-22-10-23-27(18)9-16(11)24-20-21-8-15-12(2)26-28(19(15)25-20)14-6-13-3-4-29-17(13)7-14/h5,8-10,13-14,17H,3-4,6-7H2,1-2H3,(H,21,24,25). The molecule has 3 atom stereocenters. The van der Waals surface area contributed by atoms with Gasteiger partial charge < -0.3 is 10.1 Å². The quantitative estimate of drug-likeness (QED) is 0.574. The average molecular weight is 390 g/mol. The minimum Gasteiger partial charge on any atom is -0.378 e. The molecule has 4 aromatic rings. The molecule has 29 heavy (non-hydrogen) atoms. The van der Waals surface area contributed by atoms with Gasteiger partial charge >= 0.3 is 0 Å². The zero-order valence-electron chi connectivity index (χ0n) is 16.4. The van der Waals surface area contributed by atoms with Crippen molar-refractivity contribution < 1.29 is 4.74 Å². The van der Waals surface area contributed by atoms with Gasteiger partial charge in [0, 0.05) is 12.8 Å². The topological polar surface area (TPSA) is 95.1 Å². The molecule has 1 saturated heterocycles. The number of rotatable bonds is 3. The number of aromatic nitrogens is 7. The van der Waals surface area contributed by atoms with Crippen LogP contribution in [-0.2, 0) is 4.74 Å². The van der Waals surface area contributed by atoms with E-state index in [9.17, 15) is 0 Å². The molecule has 0 amide bonds. The predicted molar refractivity (Wildman–Crippen MR) is 107 cm³/mol. The van der Waals surface area contributed by atoms with E-state index in [2.05, 4.69) is 25.1 Å². The third-order valence-corrected chi connectivity index (χ3v) is 6.27. The van der Waals surface area contributed by atoms with E-state index < -0.39 is 0 Å². The number of nitrogens with zero attached hydrogens (tertiary/aromatic N) is 7. The number of hydrogen-bond acceptors (Lipinski definition) is 7. The Labute approximate surface area is 167 Å². The molecule has 9 nitrogen and oxygen atoms in total. The molecule has 0 aromatic carbocycles. The SMILES string of the molecule is Cc1cc2ncnn2cc1Nc1ncc2c(C)nn(C3CC4CCOC4C3)c2n1. The van der Waals surface area contributed by atoms with Crippen molar-refractivity contribution in [2.75, 3.05) is 11.9 Å². The van der Waals surface area contributed by atoms with Crippen LogP contribution < -0.4 is 5.32 Å². The fourth-order valence-electron chi connectivity index (χ4n) is 4.73. The summed E-state index contributed by atoms with van der Waals surface area (Å²) in [4.78, 5) is 13.6. The molecule has 1 N–H and O–H groups in total. The van der Waals surface area contributed by atoms with Crippen molar-refractivity contribution in [3.63, 3.8) is 0 Å². The summed E-state index contributed by atoms with van der Waals surface area (Å²) in [6.45, 7) is 4.94. The molecule has 0 bridgehead atoms. The van der Waals surface area contributed by atoms with Gasteiger partial charge in [0.2, 0.25) is 5.95 Å². The zero-order valence-corrected chi connectivity index (χ0v) is 16.4. The Kier molecular flexibility index (Phi) is 3.61. The molecule has 2 aliphatic rings. The van der Waals surface area contributed by atoms with Crippen molar-refractivity contribution in [2.24, 2.45) is 5.92 Å². The first-order valence-corrected chi connectivity index (χ1v) is 10.1. The summed E-state index contributed by atoms with van der Waals surface area (Å²) in [6.07, 6.45) is 8.96.